The first-order valence-electron chi connectivity index (χ1n) is 7.69. The van der Waals surface area contributed by atoms with Crippen LogP contribution in [0.3, 0.4) is 0 Å². The molecule has 2 rings (SSSR count). The monoisotopic (exact) mass is 292 g/mol. The SMILES string of the molecule is CC(C)Oc1cccc(NC2CCCCC2C)c1[N+](=O)[O-]. The van der Waals surface area contributed by atoms with Gasteiger partial charge in [-0.15, -0.1) is 0 Å². The van der Waals surface area contributed by atoms with Gasteiger partial charge in [0.25, 0.3) is 0 Å². The first kappa shape index (κ1) is 15.6. The maximum atomic E-state index is 11.4. The van der Waals surface area contributed by atoms with Crippen LogP contribution in [0.25, 0.3) is 0 Å². The minimum Gasteiger partial charge on any atom is -0.484 e. The smallest absolute Gasteiger partial charge is 0.333 e. The molecule has 0 saturated heterocycles. The number of nitro benzene ring substituents is 1. The second kappa shape index (κ2) is 6.78. The molecule has 116 valence electrons. The predicted molar refractivity (Wildman–Crippen MR) is 83.9 cm³/mol. The molecule has 21 heavy (non-hydrogen) atoms. The molecule has 0 radical (unpaired) electrons. The molecule has 0 heterocycles. The van der Waals surface area contributed by atoms with Crippen LogP contribution >= 0.6 is 0 Å². The number of hydrogen-bond donors (Lipinski definition) is 1. The van der Waals surface area contributed by atoms with Crippen molar-refractivity contribution in [2.75, 3.05) is 5.32 Å². The average molecular weight is 292 g/mol. The summed E-state index contributed by atoms with van der Waals surface area (Å²) in [7, 11) is 0. The standard InChI is InChI=1S/C16H24N2O3/c1-11(2)21-15-10-6-9-14(16(15)18(19)20)17-13-8-5-4-7-12(13)3/h6,9-13,17H,4-5,7-8H2,1-3H3. The Kier molecular flexibility index (Phi) is 5.04. The predicted octanol–water partition coefficient (Wildman–Crippen LogP) is 4.37. The van der Waals surface area contributed by atoms with Gasteiger partial charge in [-0.1, -0.05) is 25.8 Å². The van der Waals surface area contributed by atoms with E-state index in [4.69, 9.17) is 4.74 Å². The second-order valence-electron chi connectivity index (χ2n) is 6.09. The number of anilines is 1. The van der Waals surface area contributed by atoms with Crippen LogP contribution in [0.15, 0.2) is 18.2 Å². The van der Waals surface area contributed by atoms with Crippen molar-refractivity contribution in [2.24, 2.45) is 5.92 Å². The fraction of sp³-hybridized carbons (Fsp3) is 0.625. The van der Waals surface area contributed by atoms with Crippen LogP contribution in [0.1, 0.15) is 46.5 Å². The van der Waals surface area contributed by atoms with Crippen molar-refractivity contribution in [3.05, 3.63) is 28.3 Å². The van der Waals surface area contributed by atoms with Crippen LogP contribution in [0.2, 0.25) is 0 Å². The summed E-state index contributed by atoms with van der Waals surface area (Å²) in [6, 6.07) is 5.53. The lowest BCUT2D eigenvalue weighted by molar-refractivity contribution is -0.385. The van der Waals surface area contributed by atoms with Gasteiger partial charge >= 0.3 is 5.69 Å². The maximum Gasteiger partial charge on any atom is 0.333 e. The van der Waals surface area contributed by atoms with Crippen LogP contribution in [0.4, 0.5) is 11.4 Å². The van der Waals surface area contributed by atoms with Gasteiger partial charge in [0.1, 0.15) is 5.69 Å². The second-order valence-corrected chi connectivity index (χ2v) is 6.09. The number of para-hydroxylation sites is 1. The summed E-state index contributed by atoms with van der Waals surface area (Å²) in [6.07, 6.45) is 4.57. The van der Waals surface area contributed by atoms with Gasteiger partial charge in [0.15, 0.2) is 5.75 Å². The van der Waals surface area contributed by atoms with Crippen molar-refractivity contribution in [1.82, 2.24) is 0 Å². The van der Waals surface area contributed by atoms with Gasteiger partial charge in [0.2, 0.25) is 0 Å². The lowest BCUT2D eigenvalue weighted by Gasteiger charge is -2.30. The van der Waals surface area contributed by atoms with Crippen molar-refractivity contribution in [1.29, 1.82) is 0 Å². The quantitative estimate of drug-likeness (QED) is 0.646. The Hall–Kier alpha value is -1.78. The summed E-state index contributed by atoms with van der Waals surface area (Å²) >= 11 is 0. The van der Waals surface area contributed by atoms with Gasteiger partial charge in [-0.3, -0.25) is 10.1 Å². The van der Waals surface area contributed by atoms with Crippen LogP contribution in [-0.2, 0) is 0 Å². The fourth-order valence-electron chi connectivity index (χ4n) is 2.91. The zero-order valence-electron chi connectivity index (χ0n) is 13.0. The Bertz CT molecular complexity index is 502. The Morgan fingerprint density at radius 1 is 1.33 bits per heavy atom. The third-order valence-corrected chi connectivity index (χ3v) is 4.00. The molecular formula is C16H24N2O3. The molecule has 0 amide bonds. The molecule has 5 nitrogen and oxygen atoms in total. The highest BCUT2D eigenvalue weighted by atomic mass is 16.6. The summed E-state index contributed by atoms with van der Waals surface area (Å²) < 4.78 is 5.58. The van der Waals surface area contributed by atoms with Crippen LogP contribution in [0.5, 0.6) is 5.75 Å². The molecule has 2 unspecified atom stereocenters. The maximum absolute atomic E-state index is 11.4. The summed E-state index contributed by atoms with van der Waals surface area (Å²) in [5.41, 5.74) is 0.612. The third-order valence-electron chi connectivity index (χ3n) is 4.00. The van der Waals surface area contributed by atoms with Gasteiger partial charge in [-0.25, -0.2) is 0 Å². The zero-order chi connectivity index (χ0) is 15.4. The molecule has 1 aromatic carbocycles. The highest BCUT2D eigenvalue weighted by molar-refractivity contribution is 5.68. The van der Waals surface area contributed by atoms with Crippen LogP contribution in [0, 0.1) is 16.0 Å². The molecule has 1 N–H and O–H groups in total. The molecular weight excluding hydrogens is 268 g/mol. The van der Waals surface area contributed by atoms with Gasteiger partial charge in [0, 0.05) is 6.04 Å². The average Bonchev–Trinajstić information content (AvgIpc) is 2.40. The van der Waals surface area contributed by atoms with Crippen molar-refractivity contribution in [3.8, 4) is 5.75 Å². The first-order valence-corrected chi connectivity index (χ1v) is 7.69. The number of rotatable bonds is 5. The molecule has 0 spiro atoms. The lowest BCUT2D eigenvalue weighted by Crippen LogP contribution is -2.30. The molecule has 0 aromatic heterocycles. The summed E-state index contributed by atoms with van der Waals surface area (Å²) in [5, 5.41) is 14.8. The number of nitro groups is 1. The normalized spacial score (nSPS) is 22.1. The first-order chi connectivity index (χ1) is 9.99. The van der Waals surface area contributed by atoms with E-state index in [9.17, 15) is 10.1 Å². The number of hydrogen-bond acceptors (Lipinski definition) is 4. The number of nitrogens with one attached hydrogen (secondary N) is 1. The minimum atomic E-state index is -0.354. The minimum absolute atomic E-state index is 0.0453. The van der Waals surface area contributed by atoms with Crippen molar-refractivity contribution < 1.29 is 9.66 Å². The third kappa shape index (κ3) is 3.86. The van der Waals surface area contributed by atoms with E-state index < -0.39 is 0 Å². The fourth-order valence-corrected chi connectivity index (χ4v) is 2.91. The molecule has 1 aliphatic carbocycles. The van der Waals surface area contributed by atoms with Gasteiger partial charge in [-0.2, -0.15) is 0 Å². The zero-order valence-corrected chi connectivity index (χ0v) is 13.0. The van der Waals surface area contributed by atoms with Crippen molar-refractivity contribution in [2.45, 2.75) is 58.6 Å². The van der Waals surface area contributed by atoms with Crippen LogP contribution < -0.4 is 10.1 Å². The molecule has 2 atom stereocenters. The summed E-state index contributed by atoms with van der Waals surface area (Å²) in [6.45, 7) is 5.94. The van der Waals surface area contributed by atoms with Gasteiger partial charge in [-0.05, 0) is 44.7 Å². The summed E-state index contributed by atoms with van der Waals surface area (Å²) in [5.74, 6) is 0.872. The van der Waals surface area contributed by atoms with E-state index in [0.29, 0.717) is 23.4 Å². The summed E-state index contributed by atoms with van der Waals surface area (Å²) in [4.78, 5) is 11.1. The molecule has 0 bridgehead atoms. The van der Waals surface area contributed by atoms with Crippen molar-refractivity contribution >= 4 is 11.4 Å². The largest absolute Gasteiger partial charge is 0.484 e. The Morgan fingerprint density at radius 3 is 2.67 bits per heavy atom. The molecule has 1 saturated carbocycles. The Morgan fingerprint density at radius 2 is 2.05 bits per heavy atom. The molecule has 5 heteroatoms. The van der Waals surface area contributed by atoms with E-state index in [1.807, 2.05) is 13.8 Å². The Labute approximate surface area is 125 Å². The van der Waals surface area contributed by atoms with E-state index in [1.165, 1.54) is 19.3 Å². The Balaban J connectivity index is 2.27. The van der Waals surface area contributed by atoms with Crippen LogP contribution in [-0.4, -0.2) is 17.1 Å². The van der Waals surface area contributed by atoms with E-state index in [-0.39, 0.29) is 16.7 Å². The van der Waals surface area contributed by atoms with E-state index >= 15 is 0 Å². The van der Waals surface area contributed by atoms with Gasteiger partial charge < -0.3 is 10.1 Å². The number of ether oxygens (including phenoxy) is 1. The van der Waals surface area contributed by atoms with E-state index in [0.717, 1.165) is 6.42 Å². The molecule has 0 aliphatic heterocycles. The highest BCUT2D eigenvalue weighted by Gasteiger charge is 2.26. The molecule has 1 aromatic rings. The number of benzene rings is 1. The van der Waals surface area contributed by atoms with E-state index in [1.54, 1.807) is 18.2 Å². The number of nitrogens with zero attached hydrogens (tertiary/aromatic N) is 1. The molecule has 1 fully saturated rings. The highest BCUT2D eigenvalue weighted by Crippen LogP contribution is 2.37. The van der Waals surface area contributed by atoms with Crippen molar-refractivity contribution in [3.63, 3.8) is 0 Å². The topological polar surface area (TPSA) is 64.4 Å². The lowest BCUT2D eigenvalue weighted by atomic mass is 9.86. The van der Waals surface area contributed by atoms with E-state index in [2.05, 4.69) is 12.2 Å². The van der Waals surface area contributed by atoms with Gasteiger partial charge in [0.05, 0.1) is 11.0 Å². The molecule has 1 aliphatic rings.